The Hall–Kier alpha value is -5.78. The van der Waals surface area contributed by atoms with Gasteiger partial charge < -0.3 is 20.0 Å². The topological polar surface area (TPSA) is 45.6 Å². The molecule has 6 aromatic carbocycles. The van der Waals surface area contributed by atoms with Crippen LogP contribution in [0.5, 0.6) is 0 Å². The number of benzene rings is 6. The third-order valence-electron chi connectivity index (χ3n) is 9.49. The third kappa shape index (κ3) is 4.66. The molecule has 0 fully saturated rings. The summed E-state index contributed by atoms with van der Waals surface area (Å²) in [6.45, 7) is 2.14. The molecule has 5 heteroatoms. The second kappa shape index (κ2) is 11.5. The molecule has 1 atom stereocenters. The molecular formula is C43H33N3OS. The average molecular weight is 640 g/mol. The third-order valence-corrected chi connectivity index (χ3v) is 10.7. The Morgan fingerprint density at radius 1 is 0.646 bits per heavy atom. The van der Waals surface area contributed by atoms with Crippen LogP contribution in [0.4, 0.5) is 28.4 Å². The molecule has 0 saturated heterocycles. The van der Waals surface area contributed by atoms with Gasteiger partial charge in [-0.1, -0.05) is 78.9 Å². The van der Waals surface area contributed by atoms with E-state index in [0.717, 1.165) is 51.1 Å². The minimum absolute atomic E-state index is 0.157. The van der Waals surface area contributed by atoms with Gasteiger partial charge in [-0.15, -0.1) is 11.3 Å². The fourth-order valence-electron chi connectivity index (χ4n) is 7.18. The van der Waals surface area contributed by atoms with E-state index < -0.39 is 0 Å². The Bertz CT molecular complexity index is 2530. The molecule has 0 radical (unpaired) electrons. The maximum atomic E-state index is 6.32. The molecule has 1 aliphatic rings. The van der Waals surface area contributed by atoms with E-state index in [4.69, 9.17) is 10.2 Å². The number of allylic oxidation sites excluding steroid dienone is 1. The van der Waals surface area contributed by atoms with Crippen molar-refractivity contribution in [1.29, 1.82) is 0 Å². The lowest BCUT2D eigenvalue weighted by Gasteiger charge is -2.34. The Morgan fingerprint density at radius 3 is 2.15 bits per heavy atom. The number of anilines is 5. The zero-order valence-corrected chi connectivity index (χ0v) is 27.3. The van der Waals surface area contributed by atoms with Crippen molar-refractivity contribution in [3.8, 4) is 0 Å². The molecule has 0 aliphatic heterocycles. The van der Waals surface area contributed by atoms with Gasteiger partial charge in [-0.05, 0) is 91.7 Å². The minimum atomic E-state index is 0.157. The lowest BCUT2D eigenvalue weighted by Crippen LogP contribution is -2.31. The molecule has 0 spiro atoms. The zero-order valence-electron chi connectivity index (χ0n) is 26.5. The summed E-state index contributed by atoms with van der Waals surface area (Å²) in [5.74, 6) is 0. The fraction of sp³-hybridized carbons (Fsp3) is 0.0698. The first kappa shape index (κ1) is 28.4. The highest BCUT2D eigenvalue weighted by molar-refractivity contribution is 7.26. The van der Waals surface area contributed by atoms with Crippen molar-refractivity contribution >= 4 is 81.9 Å². The van der Waals surface area contributed by atoms with Crippen LogP contribution in [0.3, 0.4) is 0 Å². The van der Waals surface area contributed by atoms with Crippen LogP contribution in [-0.2, 0) is 0 Å². The molecule has 1 unspecified atom stereocenters. The van der Waals surface area contributed by atoms with Gasteiger partial charge in [0.25, 0.3) is 0 Å². The number of hydrogen-bond acceptors (Lipinski definition) is 5. The van der Waals surface area contributed by atoms with Crippen LogP contribution >= 0.6 is 11.3 Å². The molecule has 2 N–H and O–H groups in total. The first-order chi connectivity index (χ1) is 23.6. The Labute approximate surface area is 283 Å². The maximum Gasteiger partial charge on any atom is 0.137 e. The van der Waals surface area contributed by atoms with Gasteiger partial charge in [-0.3, -0.25) is 0 Å². The van der Waals surface area contributed by atoms with Gasteiger partial charge in [-0.25, -0.2) is 0 Å². The van der Waals surface area contributed by atoms with Crippen LogP contribution in [0.15, 0.2) is 167 Å². The molecule has 0 amide bonds. The van der Waals surface area contributed by atoms with Gasteiger partial charge >= 0.3 is 0 Å². The maximum absolute atomic E-state index is 6.32. The van der Waals surface area contributed by atoms with E-state index in [0.29, 0.717) is 0 Å². The van der Waals surface area contributed by atoms with Crippen LogP contribution in [0, 0.1) is 0 Å². The Balaban J connectivity index is 1.24. The summed E-state index contributed by atoms with van der Waals surface area (Å²) in [6.07, 6.45) is 5.19. The summed E-state index contributed by atoms with van der Waals surface area (Å²) < 4.78 is 8.85. The second-order valence-corrected chi connectivity index (χ2v) is 13.5. The second-order valence-electron chi connectivity index (χ2n) is 12.4. The summed E-state index contributed by atoms with van der Waals surface area (Å²) in [4.78, 5) is 4.84. The summed E-state index contributed by atoms with van der Waals surface area (Å²) in [5.41, 5.74) is 15.8. The van der Waals surface area contributed by atoms with Gasteiger partial charge in [0.15, 0.2) is 0 Å². The number of furan rings is 1. The van der Waals surface area contributed by atoms with Gasteiger partial charge in [0.1, 0.15) is 11.2 Å². The van der Waals surface area contributed by atoms with Gasteiger partial charge in [-0.2, -0.15) is 0 Å². The van der Waals surface area contributed by atoms with Crippen LogP contribution < -0.4 is 15.5 Å². The van der Waals surface area contributed by atoms with Crippen molar-refractivity contribution in [3.63, 3.8) is 0 Å². The SMILES string of the molecule is CC1=C(N)C=CC(N(c2ccccc2)c2cccc3c2sc2ccc(N(c4ccccc4)c4cccc5oc6ccccc6c45)cc23)C1. The molecule has 4 nitrogen and oxygen atoms in total. The lowest BCUT2D eigenvalue weighted by atomic mass is 9.97. The van der Waals surface area contributed by atoms with Gasteiger partial charge in [0.2, 0.25) is 0 Å². The standard InChI is InChI=1S/C43H33N3OS/c1-28-26-31(22-24-36(28)44)46(30-14-6-3-7-15-30)38-19-10-17-33-35-27-32(23-25-41(35)48-43(33)38)45(29-12-4-2-5-13-29)37-18-11-21-40-42(37)34-16-8-9-20-39(34)47-40/h2-25,27,31H,26,44H2,1H3. The van der Waals surface area contributed by atoms with E-state index >= 15 is 0 Å². The Kier molecular flexibility index (Phi) is 6.80. The summed E-state index contributed by atoms with van der Waals surface area (Å²) in [5, 5.41) is 4.72. The number of hydrogen-bond donors (Lipinski definition) is 1. The number of nitrogens with zero attached hydrogens (tertiary/aromatic N) is 2. The van der Waals surface area contributed by atoms with Crippen LogP contribution in [0.25, 0.3) is 42.1 Å². The summed E-state index contributed by atoms with van der Waals surface area (Å²) in [7, 11) is 0. The molecule has 1 aliphatic carbocycles. The molecule has 2 aromatic heterocycles. The number of nitrogens with two attached hydrogens (primary N) is 1. The van der Waals surface area contributed by atoms with E-state index in [1.54, 1.807) is 0 Å². The molecule has 0 saturated carbocycles. The number of para-hydroxylation sites is 3. The van der Waals surface area contributed by atoms with Crippen molar-refractivity contribution in [2.45, 2.75) is 19.4 Å². The number of rotatable bonds is 6. The summed E-state index contributed by atoms with van der Waals surface area (Å²) in [6, 6.07) is 49.7. The molecule has 2 heterocycles. The smallest absolute Gasteiger partial charge is 0.137 e. The first-order valence-electron chi connectivity index (χ1n) is 16.3. The largest absolute Gasteiger partial charge is 0.456 e. The van der Waals surface area contributed by atoms with Crippen molar-refractivity contribution < 1.29 is 4.42 Å². The highest BCUT2D eigenvalue weighted by Crippen LogP contribution is 2.47. The highest BCUT2D eigenvalue weighted by Gasteiger charge is 2.25. The van der Waals surface area contributed by atoms with E-state index in [2.05, 4.69) is 156 Å². The molecule has 8 aromatic rings. The van der Waals surface area contributed by atoms with Crippen molar-refractivity contribution in [2.24, 2.45) is 5.73 Å². The minimum Gasteiger partial charge on any atom is -0.456 e. The quantitative estimate of drug-likeness (QED) is 0.197. The molecular weight excluding hydrogens is 607 g/mol. The predicted molar refractivity (Wildman–Crippen MR) is 204 cm³/mol. The van der Waals surface area contributed by atoms with Crippen LogP contribution in [-0.4, -0.2) is 6.04 Å². The molecule has 0 bridgehead atoms. The van der Waals surface area contributed by atoms with E-state index in [9.17, 15) is 0 Å². The van der Waals surface area contributed by atoms with E-state index in [1.807, 2.05) is 23.5 Å². The average Bonchev–Trinajstić information content (AvgIpc) is 3.70. The van der Waals surface area contributed by atoms with Crippen LogP contribution in [0.1, 0.15) is 13.3 Å². The number of fused-ring (bicyclic) bond motifs is 6. The zero-order chi connectivity index (χ0) is 32.2. The van der Waals surface area contributed by atoms with Crippen molar-refractivity contribution in [2.75, 3.05) is 9.80 Å². The monoisotopic (exact) mass is 639 g/mol. The fourth-order valence-corrected chi connectivity index (χ4v) is 8.37. The first-order valence-corrected chi connectivity index (χ1v) is 17.1. The van der Waals surface area contributed by atoms with Gasteiger partial charge in [0, 0.05) is 43.6 Å². The lowest BCUT2D eigenvalue weighted by molar-refractivity contribution is 0.669. The van der Waals surface area contributed by atoms with Crippen molar-refractivity contribution in [1.82, 2.24) is 0 Å². The number of thiophene rings is 1. The van der Waals surface area contributed by atoms with Gasteiger partial charge in [0.05, 0.1) is 27.5 Å². The van der Waals surface area contributed by atoms with Crippen LogP contribution in [0.2, 0.25) is 0 Å². The highest BCUT2D eigenvalue weighted by atomic mass is 32.1. The molecule has 48 heavy (non-hydrogen) atoms. The molecule has 232 valence electrons. The van der Waals surface area contributed by atoms with E-state index in [-0.39, 0.29) is 6.04 Å². The predicted octanol–water partition coefficient (Wildman–Crippen LogP) is 12.1. The van der Waals surface area contributed by atoms with Crippen molar-refractivity contribution in [3.05, 3.63) is 163 Å². The summed E-state index contributed by atoms with van der Waals surface area (Å²) >= 11 is 1.86. The molecule has 9 rings (SSSR count). The normalized spacial score (nSPS) is 14.8. The Morgan fingerprint density at radius 2 is 1.33 bits per heavy atom. The van der Waals surface area contributed by atoms with E-state index in [1.165, 1.54) is 37.1 Å².